The average Bonchev–Trinajstić information content (AvgIpc) is 3.22. The number of nitrogens with one attached hydrogen (secondary N) is 1. The van der Waals surface area contributed by atoms with Gasteiger partial charge >= 0.3 is 13.2 Å². The van der Waals surface area contributed by atoms with Crippen LogP contribution in [0.3, 0.4) is 0 Å². The summed E-state index contributed by atoms with van der Waals surface area (Å²) in [6.07, 6.45) is 4.80. The van der Waals surface area contributed by atoms with Gasteiger partial charge in [0.2, 0.25) is 0 Å². The number of nitriles is 1. The van der Waals surface area contributed by atoms with Gasteiger partial charge in [-0.25, -0.2) is 4.79 Å². The number of amides is 2. The van der Waals surface area contributed by atoms with E-state index in [1.54, 1.807) is 17.0 Å². The topological polar surface area (TPSA) is 136 Å². The fraction of sp³-hybridized carbons (Fsp3) is 0.480. The molecule has 1 aromatic heterocycles. The predicted octanol–water partition coefficient (Wildman–Crippen LogP) is 2.96. The fourth-order valence-electron chi connectivity index (χ4n) is 4.19. The smallest absolute Gasteiger partial charge is 0.464 e. The van der Waals surface area contributed by atoms with Crippen molar-refractivity contribution in [3.8, 4) is 6.07 Å². The average molecular weight is 481 g/mol. The van der Waals surface area contributed by atoms with Gasteiger partial charge in [-0.2, -0.15) is 5.26 Å². The third-order valence-electron chi connectivity index (χ3n) is 5.89. The maximum atomic E-state index is 13.0. The molecule has 2 amide bonds. The Labute approximate surface area is 205 Å². The van der Waals surface area contributed by atoms with Crippen LogP contribution in [0.15, 0.2) is 46.6 Å². The first-order valence-corrected chi connectivity index (χ1v) is 11.8. The van der Waals surface area contributed by atoms with E-state index in [4.69, 9.17) is 9.15 Å². The van der Waals surface area contributed by atoms with Crippen molar-refractivity contribution in [1.82, 2.24) is 10.2 Å². The first-order valence-electron chi connectivity index (χ1n) is 11.8. The van der Waals surface area contributed by atoms with Gasteiger partial charge in [-0.1, -0.05) is 45.0 Å². The van der Waals surface area contributed by atoms with E-state index >= 15 is 0 Å². The second kappa shape index (κ2) is 11.4. The van der Waals surface area contributed by atoms with Gasteiger partial charge in [0.25, 0.3) is 5.91 Å². The molecule has 3 N–H and O–H groups in total. The number of hydrogen-bond donors (Lipinski definition) is 3. The molecule has 1 saturated heterocycles. The number of fused-ring (bicyclic) bond motifs is 1. The Kier molecular flexibility index (Phi) is 8.59. The first-order chi connectivity index (χ1) is 16.6. The van der Waals surface area contributed by atoms with Crippen LogP contribution >= 0.6 is 0 Å². The summed E-state index contributed by atoms with van der Waals surface area (Å²) >= 11 is 0. The van der Waals surface area contributed by atoms with Crippen molar-refractivity contribution in [2.75, 3.05) is 13.2 Å². The fourth-order valence-corrected chi connectivity index (χ4v) is 4.19. The number of hydrogen-bond acceptors (Lipinski definition) is 7. The maximum Gasteiger partial charge on any atom is 0.475 e. The van der Waals surface area contributed by atoms with Crippen molar-refractivity contribution in [2.45, 2.75) is 58.4 Å². The number of furan rings is 1. The Bertz CT molecular complexity index is 1110. The van der Waals surface area contributed by atoms with Gasteiger partial charge in [0, 0.05) is 11.9 Å². The van der Waals surface area contributed by atoms with Crippen molar-refractivity contribution in [3.63, 3.8) is 0 Å². The van der Waals surface area contributed by atoms with E-state index in [1.165, 1.54) is 6.26 Å². The number of nitrogens with zero attached hydrogens (tertiary/aromatic N) is 2. The number of likely N-dealkylation sites (tertiary alicyclic amines) is 1. The number of piperidine rings is 1. The van der Waals surface area contributed by atoms with E-state index in [1.807, 2.05) is 45.0 Å². The number of para-hydroxylation sites is 1. The Morgan fingerprint density at radius 1 is 1.34 bits per heavy atom. The van der Waals surface area contributed by atoms with Gasteiger partial charge < -0.3 is 29.4 Å². The van der Waals surface area contributed by atoms with Gasteiger partial charge in [0.1, 0.15) is 23.8 Å². The molecule has 0 unspecified atom stereocenters. The number of rotatable bonds is 7. The van der Waals surface area contributed by atoms with E-state index in [2.05, 4.69) is 5.32 Å². The molecule has 2 aromatic rings. The molecule has 1 aromatic carbocycles. The monoisotopic (exact) mass is 481 g/mol. The van der Waals surface area contributed by atoms with Crippen LogP contribution in [-0.4, -0.2) is 59.2 Å². The summed E-state index contributed by atoms with van der Waals surface area (Å²) in [5.74, 6) is -1.39. The Balaban J connectivity index is 1.62. The Morgan fingerprint density at radius 3 is 2.77 bits per heavy atom. The summed E-state index contributed by atoms with van der Waals surface area (Å²) in [7, 11) is -1.82. The second-order valence-corrected chi connectivity index (χ2v) is 9.91. The summed E-state index contributed by atoms with van der Waals surface area (Å²) in [5, 5.41) is 32.4. The summed E-state index contributed by atoms with van der Waals surface area (Å²) in [6.45, 7) is 6.16. The number of ether oxygens (including phenoxy) is 1. The Hall–Kier alpha value is -3.29. The molecular formula is C25H32BN3O6. The summed E-state index contributed by atoms with van der Waals surface area (Å²) in [6, 6.07) is 8.97. The molecule has 10 heteroatoms. The third-order valence-corrected chi connectivity index (χ3v) is 5.89. The van der Waals surface area contributed by atoms with Gasteiger partial charge in [-0.15, -0.1) is 0 Å². The molecule has 9 nitrogen and oxygen atoms in total. The van der Waals surface area contributed by atoms with Gasteiger partial charge in [0.05, 0.1) is 18.2 Å². The van der Waals surface area contributed by atoms with Crippen LogP contribution in [0.5, 0.6) is 0 Å². The minimum atomic E-state index is -1.82. The number of carbonyl (C=O) groups excluding carboxylic acids is 2. The molecular weight excluding hydrogens is 449 g/mol. The van der Waals surface area contributed by atoms with E-state index in [-0.39, 0.29) is 36.0 Å². The van der Waals surface area contributed by atoms with Crippen LogP contribution in [0, 0.1) is 16.7 Å². The lowest BCUT2D eigenvalue weighted by molar-refractivity contribution is -0.131. The second-order valence-electron chi connectivity index (χ2n) is 9.91. The zero-order valence-electron chi connectivity index (χ0n) is 20.4. The SMILES string of the molecule is CC(C)(C)/C=C(\C#N)C(=O)N1CCCC[C@@H]1COC(=O)N[C@@H](Cc1coc2ccccc12)B(O)O. The summed E-state index contributed by atoms with van der Waals surface area (Å²) < 4.78 is 10.9. The lowest BCUT2D eigenvalue weighted by atomic mass is 9.76. The van der Waals surface area contributed by atoms with Crippen LogP contribution in [0.1, 0.15) is 45.6 Å². The number of carbonyl (C=O) groups is 2. The number of alkyl carbamates (subject to hydrolysis) is 1. The molecule has 0 spiro atoms. The summed E-state index contributed by atoms with van der Waals surface area (Å²) in [5.41, 5.74) is 1.13. The predicted molar refractivity (Wildman–Crippen MR) is 131 cm³/mol. The quantitative estimate of drug-likeness (QED) is 0.314. The molecule has 1 aliphatic heterocycles. The molecule has 1 fully saturated rings. The number of benzene rings is 1. The Morgan fingerprint density at radius 2 is 2.09 bits per heavy atom. The van der Waals surface area contributed by atoms with Crippen molar-refractivity contribution in [2.24, 2.45) is 5.41 Å². The molecule has 0 aliphatic carbocycles. The van der Waals surface area contributed by atoms with Gasteiger partial charge in [-0.05, 0) is 42.7 Å². The summed E-state index contributed by atoms with van der Waals surface area (Å²) in [4.78, 5) is 27.1. The maximum absolute atomic E-state index is 13.0. The lowest BCUT2D eigenvalue weighted by Crippen LogP contribution is -2.50. The zero-order chi connectivity index (χ0) is 25.6. The zero-order valence-corrected chi connectivity index (χ0v) is 20.4. The first kappa shape index (κ1) is 26.3. The highest BCUT2D eigenvalue weighted by Gasteiger charge is 2.32. The largest absolute Gasteiger partial charge is 0.475 e. The standard InChI is InChI=1S/C25H32BN3O6/c1-25(2,3)13-18(14-27)23(30)29-11-7-6-8-19(29)16-35-24(31)28-22(26(32)33)12-17-15-34-21-10-5-4-9-20(17)21/h4-5,9-10,13,15,19,22,32-33H,6-8,11-12,16H2,1-3H3,(H,28,31)/b18-13+/t19-,22+/m1/s1. The molecule has 0 bridgehead atoms. The van der Waals surface area contributed by atoms with Crippen LogP contribution < -0.4 is 5.32 Å². The van der Waals surface area contributed by atoms with E-state index in [0.29, 0.717) is 18.5 Å². The highest BCUT2D eigenvalue weighted by molar-refractivity contribution is 6.43. The molecule has 2 heterocycles. The van der Waals surface area contributed by atoms with Crippen molar-refractivity contribution in [3.05, 3.63) is 47.7 Å². The van der Waals surface area contributed by atoms with Crippen molar-refractivity contribution < 1.29 is 28.8 Å². The van der Waals surface area contributed by atoms with E-state index in [9.17, 15) is 24.9 Å². The molecule has 0 radical (unpaired) electrons. The molecule has 35 heavy (non-hydrogen) atoms. The van der Waals surface area contributed by atoms with E-state index < -0.39 is 19.2 Å². The van der Waals surface area contributed by atoms with Crippen LogP contribution in [0.4, 0.5) is 4.79 Å². The van der Waals surface area contributed by atoms with Crippen molar-refractivity contribution in [1.29, 1.82) is 5.26 Å². The minimum absolute atomic E-state index is 0.0608. The van der Waals surface area contributed by atoms with Crippen molar-refractivity contribution >= 4 is 30.1 Å². The molecule has 2 atom stereocenters. The van der Waals surface area contributed by atoms with Gasteiger partial charge in [0.15, 0.2) is 0 Å². The highest BCUT2D eigenvalue weighted by atomic mass is 16.5. The highest BCUT2D eigenvalue weighted by Crippen LogP contribution is 2.24. The van der Waals surface area contributed by atoms with Crippen LogP contribution in [0.2, 0.25) is 0 Å². The third kappa shape index (κ3) is 7.10. The lowest BCUT2D eigenvalue weighted by Gasteiger charge is -2.35. The van der Waals surface area contributed by atoms with E-state index in [0.717, 1.165) is 23.8 Å². The molecule has 3 rings (SSSR count). The molecule has 0 saturated carbocycles. The van der Waals surface area contributed by atoms with Crippen LogP contribution in [0.25, 0.3) is 11.0 Å². The van der Waals surface area contributed by atoms with Crippen LogP contribution in [-0.2, 0) is 16.0 Å². The number of allylic oxidation sites excluding steroid dienone is 1. The molecule has 1 aliphatic rings. The van der Waals surface area contributed by atoms with Gasteiger partial charge in [-0.3, -0.25) is 4.79 Å². The normalized spacial score (nSPS) is 17.5. The molecule has 186 valence electrons. The minimum Gasteiger partial charge on any atom is -0.464 e.